The number of ether oxygens (including phenoxy) is 1. The van der Waals surface area contributed by atoms with E-state index < -0.39 is 5.97 Å². The van der Waals surface area contributed by atoms with Crippen LogP contribution in [0.1, 0.15) is 5.56 Å². The number of rotatable bonds is 2. The van der Waals surface area contributed by atoms with E-state index in [1.165, 1.54) is 24.5 Å². The maximum absolute atomic E-state index is 10.7. The van der Waals surface area contributed by atoms with Crippen LogP contribution in [-0.4, -0.2) is 11.1 Å². The Morgan fingerprint density at radius 3 is 2.64 bits per heavy atom. The van der Waals surface area contributed by atoms with E-state index in [1.54, 1.807) is 12.1 Å². The number of aromatic hydroxyl groups is 1. The summed E-state index contributed by atoms with van der Waals surface area (Å²) >= 11 is 0. The lowest BCUT2D eigenvalue weighted by Crippen LogP contribution is -1.92. The zero-order valence-corrected chi connectivity index (χ0v) is 7.18. The number of carbonyl (C=O) groups is 1. The first-order chi connectivity index (χ1) is 6.72. The lowest BCUT2D eigenvalue weighted by molar-refractivity contribution is -0.131. The van der Waals surface area contributed by atoms with Gasteiger partial charge in [0.1, 0.15) is 5.75 Å². The van der Waals surface area contributed by atoms with E-state index in [-0.39, 0.29) is 5.75 Å². The van der Waals surface area contributed by atoms with Crippen LogP contribution in [0, 0.1) is 11.5 Å². The molecule has 4 heteroatoms. The highest BCUT2D eigenvalue weighted by Gasteiger charge is 1.94. The Hall–Kier alpha value is -2.28. The van der Waals surface area contributed by atoms with Gasteiger partial charge in [0, 0.05) is 6.08 Å². The van der Waals surface area contributed by atoms with Gasteiger partial charge in [-0.1, -0.05) is 12.1 Å². The van der Waals surface area contributed by atoms with Crippen molar-refractivity contribution in [1.82, 2.24) is 0 Å². The fraction of sp³-hybridized carbons (Fsp3) is 0. The third-order valence-corrected chi connectivity index (χ3v) is 1.45. The molecule has 0 aromatic heterocycles. The predicted octanol–water partition coefficient (Wildman–Crippen LogP) is 1.43. The van der Waals surface area contributed by atoms with Gasteiger partial charge in [-0.15, -0.1) is 5.26 Å². The Kier molecular flexibility index (Phi) is 3.27. The average molecular weight is 189 g/mol. The van der Waals surface area contributed by atoms with Gasteiger partial charge in [0.15, 0.2) is 0 Å². The highest BCUT2D eigenvalue weighted by Crippen LogP contribution is 2.10. The second-order valence-electron chi connectivity index (χ2n) is 2.44. The van der Waals surface area contributed by atoms with Gasteiger partial charge in [0.25, 0.3) is 6.26 Å². The van der Waals surface area contributed by atoms with Crippen LogP contribution < -0.4 is 0 Å². The molecule has 0 heterocycles. The Bertz CT molecular complexity index is 387. The number of phenols is 1. The van der Waals surface area contributed by atoms with E-state index in [0.717, 1.165) is 11.6 Å². The molecule has 0 atom stereocenters. The molecule has 1 N–H and O–H groups in total. The zero-order valence-electron chi connectivity index (χ0n) is 7.18. The first kappa shape index (κ1) is 9.81. The van der Waals surface area contributed by atoms with Crippen LogP contribution in [0.3, 0.4) is 0 Å². The molecule has 0 saturated heterocycles. The van der Waals surface area contributed by atoms with Crippen molar-refractivity contribution < 1.29 is 14.6 Å². The van der Waals surface area contributed by atoms with Crippen molar-refractivity contribution in [2.45, 2.75) is 0 Å². The maximum Gasteiger partial charge on any atom is 0.346 e. The molecule has 0 aliphatic carbocycles. The molecular weight excluding hydrogens is 182 g/mol. The molecule has 0 bridgehead atoms. The molecule has 1 rings (SSSR count). The topological polar surface area (TPSA) is 70.3 Å². The summed E-state index contributed by atoms with van der Waals surface area (Å²) in [5.74, 6) is -0.567. The molecular formula is C10H7NO3. The normalized spacial score (nSPS) is 9.64. The summed E-state index contributed by atoms with van der Waals surface area (Å²) < 4.78 is 4.02. The highest BCUT2D eigenvalue weighted by molar-refractivity contribution is 5.87. The smallest absolute Gasteiger partial charge is 0.346 e. The maximum atomic E-state index is 10.7. The Labute approximate surface area is 80.7 Å². The highest BCUT2D eigenvalue weighted by atomic mass is 16.5. The van der Waals surface area contributed by atoms with E-state index >= 15 is 0 Å². The third-order valence-electron chi connectivity index (χ3n) is 1.45. The molecule has 14 heavy (non-hydrogen) atoms. The minimum Gasteiger partial charge on any atom is -0.508 e. The largest absolute Gasteiger partial charge is 0.508 e. The summed E-state index contributed by atoms with van der Waals surface area (Å²) in [6.07, 6.45) is 3.89. The zero-order chi connectivity index (χ0) is 10.4. The Balaban J connectivity index is 2.65. The van der Waals surface area contributed by atoms with E-state index in [4.69, 9.17) is 10.4 Å². The molecule has 0 aliphatic rings. The van der Waals surface area contributed by atoms with Gasteiger partial charge in [-0.25, -0.2) is 4.79 Å². The minimum atomic E-state index is -0.722. The molecule has 4 nitrogen and oxygen atoms in total. The van der Waals surface area contributed by atoms with Crippen molar-refractivity contribution in [3.8, 4) is 12.0 Å². The van der Waals surface area contributed by atoms with Gasteiger partial charge >= 0.3 is 5.97 Å². The number of carbonyl (C=O) groups excluding carboxylic acids is 1. The fourth-order valence-electron chi connectivity index (χ4n) is 0.829. The van der Waals surface area contributed by atoms with Gasteiger partial charge in [-0.2, -0.15) is 0 Å². The van der Waals surface area contributed by atoms with Gasteiger partial charge in [0.2, 0.25) is 0 Å². The second kappa shape index (κ2) is 4.67. The third kappa shape index (κ3) is 2.99. The number of benzene rings is 1. The van der Waals surface area contributed by atoms with Crippen LogP contribution in [0.25, 0.3) is 6.08 Å². The standard InChI is InChI=1S/C10H7NO3/c11-7-14-10(13)6-3-8-1-4-9(12)5-2-8/h1-6,12H/b6-3+. The molecule has 1 aromatic carbocycles. The molecule has 70 valence electrons. The van der Waals surface area contributed by atoms with Crippen molar-refractivity contribution >= 4 is 12.0 Å². The quantitative estimate of drug-likeness (QED) is 0.434. The average Bonchev–Trinajstić information content (AvgIpc) is 2.17. The number of hydrogen-bond acceptors (Lipinski definition) is 4. The number of phenolic OH excluding ortho intramolecular Hbond substituents is 1. The number of hydrogen-bond donors (Lipinski definition) is 1. The van der Waals surface area contributed by atoms with Crippen LogP contribution in [0.5, 0.6) is 5.75 Å². The van der Waals surface area contributed by atoms with Gasteiger partial charge in [-0.05, 0) is 23.8 Å². The van der Waals surface area contributed by atoms with Gasteiger partial charge in [-0.3, -0.25) is 0 Å². The lowest BCUT2D eigenvalue weighted by atomic mass is 10.2. The van der Waals surface area contributed by atoms with Crippen molar-refractivity contribution in [3.63, 3.8) is 0 Å². The predicted molar refractivity (Wildman–Crippen MR) is 48.8 cm³/mol. The molecule has 0 amide bonds. The number of esters is 1. The number of nitriles is 1. The summed E-state index contributed by atoms with van der Waals surface area (Å²) in [6.45, 7) is 0. The Morgan fingerprint density at radius 2 is 2.07 bits per heavy atom. The summed E-state index contributed by atoms with van der Waals surface area (Å²) in [5, 5.41) is 17.0. The van der Waals surface area contributed by atoms with Crippen LogP contribution in [0.15, 0.2) is 30.3 Å². The molecule has 0 saturated carbocycles. The molecule has 0 fully saturated rings. The van der Waals surface area contributed by atoms with E-state index in [0.29, 0.717) is 0 Å². The fourth-order valence-corrected chi connectivity index (χ4v) is 0.829. The van der Waals surface area contributed by atoms with Crippen molar-refractivity contribution in [3.05, 3.63) is 35.9 Å². The summed E-state index contributed by atoms with van der Waals surface area (Å²) in [4.78, 5) is 10.7. The molecule has 0 spiro atoms. The van der Waals surface area contributed by atoms with Crippen molar-refractivity contribution in [1.29, 1.82) is 5.26 Å². The second-order valence-corrected chi connectivity index (χ2v) is 2.44. The first-order valence-electron chi connectivity index (χ1n) is 3.79. The molecule has 1 aromatic rings. The van der Waals surface area contributed by atoms with Crippen LogP contribution in [0.2, 0.25) is 0 Å². The summed E-state index contributed by atoms with van der Waals surface area (Å²) in [5.41, 5.74) is 0.734. The van der Waals surface area contributed by atoms with E-state index in [2.05, 4.69) is 4.74 Å². The van der Waals surface area contributed by atoms with Crippen LogP contribution in [0.4, 0.5) is 0 Å². The van der Waals surface area contributed by atoms with Crippen molar-refractivity contribution in [2.75, 3.05) is 0 Å². The molecule has 0 aliphatic heterocycles. The van der Waals surface area contributed by atoms with E-state index in [9.17, 15) is 4.79 Å². The van der Waals surface area contributed by atoms with Gasteiger partial charge < -0.3 is 9.84 Å². The van der Waals surface area contributed by atoms with Crippen molar-refractivity contribution in [2.24, 2.45) is 0 Å². The number of nitrogens with zero attached hydrogens (tertiary/aromatic N) is 1. The van der Waals surface area contributed by atoms with E-state index in [1.807, 2.05) is 0 Å². The van der Waals surface area contributed by atoms with Crippen LogP contribution in [-0.2, 0) is 9.53 Å². The van der Waals surface area contributed by atoms with Crippen LogP contribution >= 0.6 is 0 Å². The molecule has 0 radical (unpaired) electrons. The summed E-state index contributed by atoms with van der Waals surface area (Å²) in [6, 6.07) is 6.25. The monoisotopic (exact) mass is 189 g/mol. The molecule has 0 unspecified atom stereocenters. The lowest BCUT2D eigenvalue weighted by Gasteiger charge is -1.92. The SMILES string of the molecule is N#COC(=O)/C=C/c1ccc(O)cc1. The first-order valence-corrected chi connectivity index (χ1v) is 3.79. The minimum absolute atomic E-state index is 0.154. The van der Waals surface area contributed by atoms with Gasteiger partial charge in [0.05, 0.1) is 0 Å². The Morgan fingerprint density at radius 1 is 1.43 bits per heavy atom. The summed E-state index contributed by atoms with van der Waals surface area (Å²) in [7, 11) is 0.